The number of rotatable bonds is 1. The van der Waals surface area contributed by atoms with Crippen LogP contribution in [-0.4, -0.2) is 21.7 Å². The molecule has 19 heavy (non-hydrogen) atoms. The molecule has 1 aliphatic rings. The Morgan fingerprint density at radius 2 is 2.16 bits per heavy atom. The monoisotopic (exact) mass is 367 g/mol. The van der Waals surface area contributed by atoms with E-state index in [0.29, 0.717) is 5.69 Å². The summed E-state index contributed by atoms with van der Waals surface area (Å²) in [6, 6.07) is 8.27. The van der Waals surface area contributed by atoms with Crippen molar-refractivity contribution in [1.82, 2.24) is 9.78 Å². The topological polar surface area (TPSA) is 38.1 Å². The number of para-hydroxylation sites is 1. The number of carbonyl (C=O) groups is 1. The highest BCUT2D eigenvalue weighted by Gasteiger charge is 2.33. The van der Waals surface area contributed by atoms with Gasteiger partial charge in [-0.05, 0) is 47.6 Å². The minimum Gasteiger partial charge on any atom is -0.304 e. The lowest BCUT2D eigenvalue weighted by Gasteiger charge is -2.21. The van der Waals surface area contributed by atoms with Crippen LogP contribution >= 0.6 is 22.6 Å². The van der Waals surface area contributed by atoms with Crippen molar-refractivity contribution in [1.29, 1.82) is 0 Å². The normalized spacial score (nSPS) is 17.6. The van der Waals surface area contributed by atoms with Crippen LogP contribution in [-0.2, 0) is 13.5 Å². The molecule has 0 fully saturated rings. The number of carbonyl (C=O) groups excluding carboxylic acids is 1. The van der Waals surface area contributed by atoms with E-state index in [1.165, 1.54) is 5.56 Å². The van der Waals surface area contributed by atoms with E-state index in [1.807, 2.05) is 36.3 Å². The smallest absolute Gasteiger partial charge is 0.280 e. The fourth-order valence-corrected chi connectivity index (χ4v) is 3.34. The van der Waals surface area contributed by atoms with Gasteiger partial charge in [-0.1, -0.05) is 18.2 Å². The van der Waals surface area contributed by atoms with E-state index in [2.05, 4.69) is 40.7 Å². The SMILES string of the molecule is C[C@H]1Cc2ccccc2N1C(=O)c1nn(C)cc1I. The summed E-state index contributed by atoms with van der Waals surface area (Å²) in [6.07, 6.45) is 2.77. The first-order valence-electron chi connectivity index (χ1n) is 6.18. The molecule has 0 saturated carbocycles. The minimum absolute atomic E-state index is 0.0116. The van der Waals surface area contributed by atoms with Gasteiger partial charge in [0, 0.05) is 25.0 Å². The molecule has 0 saturated heterocycles. The van der Waals surface area contributed by atoms with Gasteiger partial charge in [-0.3, -0.25) is 9.48 Å². The van der Waals surface area contributed by atoms with Gasteiger partial charge in [0.15, 0.2) is 5.69 Å². The van der Waals surface area contributed by atoms with Crippen LogP contribution in [0.3, 0.4) is 0 Å². The lowest BCUT2D eigenvalue weighted by atomic mass is 10.1. The summed E-state index contributed by atoms with van der Waals surface area (Å²) >= 11 is 2.16. The Balaban J connectivity index is 2.03. The van der Waals surface area contributed by atoms with Gasteiger partial charge in [0.2, 0.25) is 0 Å². The van der Waals surface area contributed by atoms with Crippen molar-refractivity contribution in [2.45, 2.75) is 19.4 Å². The van der Waals surface area contributed by atoms with E-state index in [4.69, 9.17) is 0 Å². The van der Waals surface area contributed by atoms with Crippen LogP contribution in [0, 0.1) is 3.57 Å². The van der Waals surface area contributed by atoms with Gasteiger partial charge < -0.3 is 4.90 Å². The molecule has 0 aliphatic carbocycles. The van der Waals surface area contributed by atoms with Crippen molar-refractivity contribution in [2.75, 3.05) is 4.90 Å². The van der Waals surface area contributed by atoms with Crippen molar-refractivity contribution in [2.24, 2.45) is 7.05 Å². The molecule has 3 rings (SSSR count). The number of aromatic nitrogens is 2. The van der Waals surface area contributed by atoms with E-state index < -0.39 is 0 Å². The number of fused-ring (bicyclic) bond motifs is 1. The molecule has 1 atom stereocenters. The maximum Gasteiger partial charge on any atom is 0.280 e. The van der Waals surface area contributed by atoms with E-state index in [0.717, 1.165) is 15.7 Å². The van der Waals surface area contributed by atoms with Crippen LogP contribution in [0.15, 0.2) is 30.5 Å². The zero-order valence-electron chi connectivity index (χ0n) is 10.8. The lowest BCUT2D eigenvalue weighted by molar-refractivity contribution is 0.0975. The molecule has 2 heterocycles. The minimum atomic E-state index is -0.0116. The number of aryl methyl sites for hydroxylation is 1. The number of nitrogens with zero attached hydrogens (tertiary/aromatic N) is 3. The fraction of sp³-hybridized carbons (Fsp3) is 0.286. The summed E-state index contributed by atoms with van der Waals surface area (Å²) in [5, 5.41) is 4.28. The van der Waals surface area contributed by atoms with Crippen molar-refractivity contribution in [3.63, 3.8) is 0 Å². The first-order valence-corrected chi connectivity index (χ1v) is 7.26. The molecule has 5 heteroatoms. The third-order valence-corrected chi connectivity index (χ3v) is 4.20. The van der Waals surface area contributed by atoms with Crippen molar-refractivity contribution < 1.29 is 4.79 Å². The number of anilines is 1. The molecule has 1 aromatic heterocycles. The summed E-state index contributed by atoms with van der Waals surface area (Å²) in [7, 11) is 1.83. The molecule has 1 amide bonds. The zero-order chi connectivity index (χ0) is 13.6. The van der Waals surface area contributed by atoms with E-state index in [9.17, 15) is 4.79 Å². The predicted molar refractivity (Wildman–Crippen MR) is 82.3 cm³/mol. The highest BCUT2D eigenvalue weighted by atomic mass is 127. The second-order valence-corrected chi connectivity index (χ2v) is 6.02. The Morgan fingerprint density at radius 1 is 1.42 bits per heavy atom. The first kappa shape index (κ1) is 12.7. The molecule has 98 valence electrons. The van der Waals surface area contributed by atoms with Crippen LogP contribution < -0.4 is 4.90 Å². The Hall–Kier alpha value is -1.37. The summed E-state index contributed by atoms with van der Waals surface area (Å²) < 4.78 is 2.57. The van der Waals surface area contributed by atoms with Gasteiger partial charge in [0.1, 0.15) is 0 Å². The van der Waals surface area contributed by atoms with E-state index >= 15 is 0 Å². The summed E-state index contributed by atoms with van der Waals surface area (Å²) in [5.41, 5.74) is 2.78. The van der Waals surface area contributed by atoms with Crippen LogP contribution in [0.25, 0.3) is 0 Å². The highest BCUT2D eigenvalue weighted by Crippen LogP contribution is 2.33. The molecular formula is C14H14IN3O. The maximum atomic E-state index is 12.7. The molecule has 0 bridgehead atoms. The second-order valence-electron chi connectivity index (χ2n) is 4.86. The van der Waals surface area contributed by atoms with Gasteiger partial charge in [0.25, 0.3) is 5.91 Å². The van der Waals surface area contributed by atoms with Crippen LogP contribution in [0.2, 0.25) is 0 Å². The van der Waals surface area contributed by atoms with Crippen molar-refractivity contribution in [3.8, 4) is 0 Å². The zero-order valence-corrected chi connectivity index (χ0v) is 13.0. The molecule has 0 radical (unpaired) electrons. The van der Waals surface area contributed by atoms with Gasteiger partial charge in [-0.25, -0.2) is 0 Å². The Bertz CT molecular complexity index is 650. The molecule has 0 N–H and O–H groups in total. The average molecular weight is 367 g/mol. The molecule has 1 aliphatic heterocycles. The van der Waals surface area contributed by atoms with Gasteiger partial charge in [0.05, 0.1) is 3.57 Å². The molecule has 2 aromatic rings. The molecule has 0 unspecified atom stereocenters. The lowest BCUT2D eigenvalue weighted by Crippen LogP contribution is -2.36. The Morgan fingerprint density at radius 3 is 2.84 bits per heavy atom. The largest absolute Gasteiger partial charge is 0.304 e. The molecule has 1 aromatic carbocycles. The Kier molecular flexibility index (Phi) is 3.08. The fourth-order valence-electron chi connectivity index (χ4n) is 2.59. The Labute approximate surface area is 125 Å². The van der Waals surface area contributed by atoms with Gasteiger partial charge >= 0.3 is 0 Å². The summed E-state index contributed by atoms with van der Waals surface area (Å²) in [6.45, 7) is 2.08. The number of hydrogen-bond donors (Lipinski definition) is 0. The molecule has 4 nitrogen and oxygen atoms in total. The van der Waals surface area contributed by atoms with Crippen LogP contribution in [0.4, 0.5) is 5.69 Å². The number of amides is 1. The highest BCUT2D eigenvalue weighted by molar-refractivity contribution is 14.1. The summed E-state index contributed by atoms with van der Waals surface area (Å²) in [4.78, 5) is 14.6. The quantitative estimate of drug-likeness (QED) is 0.727. The average Bonchev–Trinajstić information content (AvgIpc) is 2.87. The van der Waals surface area contributed by atoms with Crippen molar-refractivity contribution in [3.05, 3.63) is 45.3 Å². The van der Waals surface area contributed by atoms with Crippen molar-refractivity contribution >= 4 is 34.2 Å². The maximum absolute atomic E-state index is 12.7. The van der Waals surface area contributed by atoms with E-state index in [1.54, 1.807) is 4.68 Å². The number of hydrogen-bond acceptors (Lipinski definition) is 2. The third-order valence-electron chi connectivity index (χ3n) is 3.41. The standard InChI is InChI=1S/C14H14IN3O/c1-9-7-10-5-3-4-6-12(10)18(9)14(19)13-11(15)8-17(2)16-13/h3-6,8-9H,7H2,1-2H3/t9-/m0/s1. The van der Waals surface area contributed by atoms with Crippen LogP contribution in [0.5, 0.6) is 0 Å². The number of benzene rings is 1. The third kappa shape index (κ3) is 2.05. The molecule has 0 spiro atoms. The second kappa shape index (κ2) is 4.63. The first-order chi connectivity index (χ1) is 9.08. The summed E-state index contributed by atoms with van der Waals surface area (Å²) in [5.74, 6) is -0.0116. The number of halogens is 1. The predicted octanol–water partition coefficient (Wildman–Crippen LogP) is 2.62. The van der Waals surface area contributed by atoms with Gasteiger partial charge in [-0.2, -0.15) is 5.10 Å². The van der Waals surface area contributed by atoms with E-state index in [-0.39, 0.29) is 11.9 Å². The van der Waals surface area contributed by atoms with Gasteiger partial charge in [-0.15, -0.1) is 0 Å². The van der Waals surface area contributed by atoms with Crippen LogP contribution in [0.1, 0.15) is 23.0 Å². The molecular weight excluding hydrogens is 353 g/mol.